The van der Waals surface area contributed by atoms with Gasteiger partial charge in [0.05, 0.1) is 0 Å². The van der Waals surface area contributed by atoms with E-state index in [1.807, 2.05) is 6.92 Å². The summed E-state index contributed by atoms with van der Waals surface area (Å²) in [4.78, 5) is 11.5. The van der Waals surface area contributed by atoms with Crippen LogP contribution in [0, 0.1) is 29.6 Å². The first-order valence-corrected chi connectivity index (χ1v) is 13.4. The number of ether oxygens (including phenoxy) is 1. The molecule has 0 bridgehead atoms. The van der Waals surface area contributed by atoms with Gasteiger partial charge in [-0.2, -0.15) is 0 Å². The topological polar surface area (TPSA) is 26.3 Å². The van der Waals surface area contributed by atoms with Gasteiger partial charge >= 0.3 is 5.97 Å². The summed E-state index contributed by atoms with van der Waals surface area (Å²) >= 11 is 0. The maximum Gasteiger partial charge on any atom is 0.305 e. The normalized spacial score (nSPS) is 35.9. The van der Waals surface area contributed by atoms with Gasteiger partial charge in [0.25, 0.3) is 0 Å². The van der Waals surface area contributed by atoms with E-state index in [4.69, 9.17) is 4.74 Å². The van der Waals surface area contributed by atoms with E-state index in [1.165, 1.54) is 96.3 Å². The molecular formula is C27H48O2. The highest BCUT2D eigenvalue weighted by Gasteiger charge is 2.32. The summed E-state index contributed by atoms with van der Waals surface area (Å²) in [5.74, 6) is 4.98. The van der Waals surface area contributed by atoms with Crippen molar-refractivity contribution in [3.63, 3.8) is 0 Å². The van der Waals surface area contributed by atoms with Crippen molar-refractivity contribution in [2.75, 3.05) is 0 Å². The fourth-order valence-corrected chi connectivity index (χ4v) is 6.67. The smallest absolute Gasteiger partial charge is 0.305 e. The van der Waals surface area contributed by atoms with Crippen LogP contribution in [0.5, 0.6) is 0 Å². The molecular weight excluding hydrogens is 356 g/mol. The van der Waals surface area contributed by atoms with Gasteiger partial charge in [-0.15, -0.1) is 0 Å². The Labute approximate surface area is 180 Å². The molecule has 29 heavy (non-hydrogen) atoms. The van der Waals surface area contributed by atoms with Crippen molar-refractivity contribution < 1.29 is 9.53 Å². The number of hydrogen-bond acceptors (Lipinski definition) is 2. The maximum atomic E-state index is 11.5. The minimum atomic E-state index is -0.0107. The molecule has 3 fully saturated rings. The molecule has 3 saturated carbocycles. The summed E-state index contributed by atoms with van der Waals surface area (Å²) in [7, 11) is 0. The van der Waals surface area contributed by atoms with Crippen LogP contribution < -0.4 is 0 Å². The first-order valence-electron chi connectivity index (χ1n) is 13.4. The molecule has 0 heterocycles. The first-order chi connectivity index (χ1) is 14.2. The van der Waals surface area contributed by atoms with Crippen LogP contribution in [0.4, 0.5) is 0 Å². The van der Waals surface area contributed by atoms with Crippen molar-refractivity contribution in [3.8, 4) is 0 Å². The zero-order valence-electron chi connectivity index (χ0n) is 19.5. The molecule has 2 nitrogen and oxygen atoms in total. The van der Waals surface area contributed by atoms with E-state index in [2.05, 4.69) is 6.92 Å². The largest absolute Gasteiger partial charge is 0.462 e. The standard InChI is InChI=1S/C27H48O2/c1-3-5-6-21-7-9-22(10-8-21)11-12-23-13-15-24(16-14-23)25-17-19-26(20-18-25)29-27(28)4-2/h21-26H,3-20H2,1-2H3. The molecule has 3 aliphatic carbocycles. The third-order valence-corrected chi connectivity index (χ3v) is 8.78. The highest BCUT2D eigenvalue weighted by molar-refractivity contribution is 5.69. The van der Waals surface area contributed by atoms with Gasteiger partial charge in [-0.25, -0.2) is 0 Å². The average molecular weight is 405 g/mol. The Morgan fingerprint density at radius 3 is 1.59 bits per heavy atom. The van der Waals surface area contributed by atoms with E-state index in [0.29, 0.717) is 6.42 Å². The lowest BCUT2D eigenvalue weighted by Gasteiger charge is -2.38. The van der Waals surface area contributed by atoms with Crippen LogP contribution in [-0.2, 0) is 9.53 Å². The van der Waals surface area contributed by atoms with Gasteiger partial charge in [0.15, 0.2) is 0 Å². The second-order valence-electron chi connectivity index (χ2n) is 10.8. The second-order valence-corrected chi connectivity index (χ2v) is 10.8. The summed E-state index contributed by atoms with van der Waals surface area (Å²) in [6.45, 7) is 4.22. The van der Waals surface area contributed by atoms with Crippen LogP contribution in [0.1, 0.15) is 129 Å². The van der Waals surface area contributed by atoms with Crippen molar-refractivity contribution in [1.29, 1.82) is 0 Å². The summed E-state index contributed by atoms with van der Waals surface area (Å²) in [6.07, 6.45) is 24.9. The Hall–Kier alpha value is -0.530. The van der Waals surface area contributed by atoms with E-state index >= 15 is 0 Å². The predicted octanol–water partition coefficient (Wildman–Crippen LogP) is 8.08. The van der Waals surface area contributed by atoms with Gasteiger partial charge in [0.1, 0.15) is 6.10 Å². The molecule has 0 amide bonds. The van der Waals surface area contributed by atoms with E-state index in [1.54, 1.807) is 0 Å². The SMILES string of the molecule is CCCCC1CCC(CCC2CCC(C3CCC(OC(=O)CC)CC3)CC2)CC1. The fourth-order valence-electron chi connectivity index (χ4n) is 6.67. The van der Waals surface area contributed by atoms with Gasteiger partial charge in [0.2, 0.25) is 0 Å². The zero-order chi connectivity index (χ0) is 20.5. The molecule has 3 aliphatic rings. The Balaban J connectivity index is 1.26. The van der Waals surface area contributed by atoms with Crippen LogP contribution in [0.15, 0.2) is 0 Å². The molecule has 0 saturated heterocycles. The van der Waals surface area contributed by atoms with E-state index < -0.39 is 0 Å². The molecule has 3 rings (SSSR count). The van der Waals surface area contributed by atoms with Crippen LogP contribution >= 0.6 is 0 Å². The molecule has 0 aliphatic heterocycles. The summed E-state index contributed by atoms with van der Waals surface area (Å²) in [6, 6.07) is 0. The summed E-state index contributed by atoms with van der Waals surface area (Å²) < 4.78 is 5.57. The summed E-state index contributed by atoms with van der Waals surface area (Å²) in [5.41, 5.74) is 0. The van der Waals surface area contributed by atoms with Gasteiger partial charge < -0.3 is 4.74 Å². The van der Waals surface area contributed by atoms with Crippen molar-refractivity contribution in [1.82, 2.24) is 0 Å². The van der Waals surface area contributed by atoms with Gasteiger partial charge in [-0.3, -0.25) is 4.79 Å². The van der Waals surface area contributed by atoms with Crippen LogP contribution in [0.2, 0.25) is 0 Å². The third kappa shape index (κ3) is 7.59. The number of carbonyl (C=O) groups is 1. The Bertz CT molecular complexity index is 449. The maximum absolute atomic E-state index is 11.5. The van der Waals surface area contributed by atoms with Gasteiger partial charge in [0, 0.05) is 6.42 Å². The minimum Gasteiger partial charge on any atom is -0.462 e. The van der Waals surface area contributed by atoms with Gasteiger partial charge in [-0.05, 0) is 68.1 Å². The highest BCUT2D eigenvalue weighted by atomic mass is 16.5. The molecule has 0 spiro atoms. The van der Waals surface area contributed by atoms with Crippen molar-refractivity contribution in [2.45, 2.75) is 136 Å². The molecule has 0 aromatic carbocycles. The number of unbranched alkanes of at least 4 members (excludes halogenated alkanes) is 1. The van der Waals surface area contributed by atoms with E-state index in [0.717, 1.165) is 42.4 Å². The molecule has 0 radical (unpaired) electrons. The fraction of sp³-hybridized carbons (Fsp3) is 0.963. The van der Waals surface area contributed by atoms with E-state index in [9.17, 15) is 4.79 Å². The van der Waals surface area contributed by atoms with Gasteiger partial charge in [-0.1, -0.05) is 84.5 Å². The molecule has 0 N–H and O–H groups in total. The lowest BCUT2D eigenvalue weighted by molar-refractivity contribution is -0.150. The molecule has 168 valence electrons. The number of rotatable bonds is 9. The lowest BCUT2D eigenvalue weighted by Crippen LogP contribution is -2.29. The average Bonchev–Trinajstić information content (AvgIpc) is 2.78. The number of esters is 1. The van der Waals surface area contributed by atoms with Crippen LogP contribution in [0.3, 0.4) is 0 Å². The molecule has 0 aromatic rings. The van der Waals surface area contributed by atoms with Crippen LogP contribution in [-0.4, -0.2) is 12.1 Å². The third-order valence-electron chi connectivity index (χ3n) is 8.78. The van der Waals surface area contributed by atoms with Crippen molar-refractivity contribution >= 4 is 5.97 Å². The predicted molar refractivity (Wildman–Crippen MR) is 122 cm³/mol. The van der Waals surface area contributed by atoms with Crippen molar-refractivity contribution in [3.05, 3.63) is 0 Å². The first kappa shape index (κ1) is 23.1. The van der Waals surface area contributed by atoms with Crippen molar-refractivity contribution in [2.24, 2.45) is 29.6 Å². The van der Waals surface area contributed by atoms with E-state index in [-0.39, 0.29) is 12.1 Å². The molecule has 0 unspecified atom stereocenters. The Morgan fingerprint density at radius 2 is 1.10 bits per heavy atom. The minimum absolute atomic E-state index is 0.0107. The molecule has 0 aromatic heterocycles. The molecule has 0 atom stereocenters. The number of carbonyl (C=O) groups excluding carboxylic acids is 1. The summed E-state index contributed by atoms with van der Waals surface area (Å²) in [5, 5.41) is 0. The molecule has 2 heteroatoms. The lowest BCUT2D eigenvalue weighted by atomic mass is 9.69. The highest BCUT2D eigenvalue weighted by Crippen LogP contribution is 2.42. The second kappa shape index (κ2) is 12.4. The number of hydrogen-bond donors (Lipinski definition) is 0. The monoisotopic (exact) mass is 404 g/mol. The zero-order valence-corrected chi connectivity index (χ0v) is 19.5. The van der Waals surface area contributed by atoms with Crippen LogP contribution in [0.25, 0.3) is 0 Å². The quantitative estimate of drug-likeness (QED) is 0.363. The Morgan fingerprint density at radius 1 is 0.655 bits per heavy atom. The Kier molecular flexibility index (Phi) is 9.86.